The van der Waals surface area contributed by atoms with E-state index < -0.39 is 23.5 Å². The van der Waals surface area contributed by atoms with Gasteiger partial charge in [-0.05, 0) is 61.4 Å². The molecule has 1 atom stereocenters. The van der Waals surface area contributed by atoms with Gasteiger partial charge in [0.1, 0.15) is 23.0 Å². The van der Waals surface area contributed by atoms with Crippen LogP contribution < -0.4 is 14.2 Å². The zero-order valence-corrected chi connectivity index (χ0v) is 22.8. The van der Waals surface area contributed by atoms with Gasteiger partial charge in [0.25, 0.3) is 11.7 Å². The largest absolute Gasteiger partial charge is 0.507 e. The predicted molar refractivity (Wildman–Crippen MR) is 146 cm³/mol. The zero-order chi connectivity index (χ0) is 27.6. The third kappa shape index (κ3) is 5.44. The molecule has 7 nitrogen and oxygen atoms in total. The Balaban J connectivity index is 1.92. The van der Waals surface area contributed by atoms with Gasteiger partial charge in [-0.15, -0.1) is 0 Å². The summed E-state index contributed by atoms with van der Waals surface area (Å²) in [6, 6.07) is 16.3. The van der Waals surface area contributed by atoms with E-state index in [9.17, 15) is 14.7 Å². The van der Waals surface area contributed by atoms with Gasteiger partial charge in [0.2, 0.25) is 0 Å². The van der Waals surface area contributed by atoms with Crippen LogP contribution >= 0.6 is 23.2 Å². The standard InChI is InChI=1S/C29H27Cl2NO6/c1-16(2)38-21-10-6-8-18(12-21)25-24(26(33)22-13-19(30)14-23(31)28(22)37-4)27(34)29(35)32(25)15-17-7-5-9-20(11-17)36-3/h5-14,16,25,33H,15H2,1-4H3/b26-24+. The van der Waals surface area contributed by atoms with Crippen molar-refractivity contribution in [3.05, 3.63) is 93.0 Å². The Bertz CT molecular complexity index is 1420. The Morgan fingerprint density at radius 1 is 0.974 bits per heavy atom. The van der Waals surface area contributed by atoms with Gasteiger partial charge in [-0.25, -0.2) is 0 Å². The Hall–Kier alpha value is -3.68. The molecule has 1 aliphatic rings. The molecule has 1 saturated heterocycles. The van der Waals surface area contributed by atoms with Crippen molar-refractivity contribution < 1.29 is 28.9 Å². The summed E-state index contributed by atoms with van der Waals surface area (Å²) in [5, 5.41) is 11.9. The van der Waals surface area contributed by atoms with Crippen molar-refractivity contribution in [2.24, 2.45) is 0 Å². The summed E-state index contributed by atoms with van der Waals surface area (Å²) in [7, 11) is 2.94. The lowest BCUT2D eigenvalue weighted by Crippen LogP contribution is -2.29. The number of ether oxygens (including phenoxy) is 3. The first-order valence-corrected chi connectivity index (χ1v) is 12.6. The number of hydrogen-bond donors (Lipinski definition) is 1. The maximum Gasteiger partial charge on any atom is 0.295 e. The minimum Gasteiger partial charge on any atom is -0.507 e. The monoisotopic (exact) mass is 555 g/mol. The molecule has 1 aliphatic heterocycles. The summed E-state index contributed by atoms with van der Waals surface area (Å²) in [6.07, 6.45) is -0.0914. The number of halogens is 2. The van der Waals surface area contributed by atoms with Crippen molar-refractivity contribution in [3.63, 3.8) is 0 Å². The summed E-state index contributed by atoms with van der Waals surface area (Å²) < 4.78 is 16.6. The molecule has 0 aromatic heterocycles. The zero-order valence-electron chi connectivity index (χ0n) is 21.3. The van der Waals surface area contributed by atoms with E-state index in [0.717, 1.165) is 5.56 Å². The molecule has 1 amide bonds. The molecule has 0 saturated carbocycles. The van der Waals surface area contributed by atoms with Gasteiger partial charge in [0, 0.05) is 11.6 Å². The number of hydrogen-bond acceptors (Lipinski definition) is 6. The second-order valence-electron chi connectivity index (χ2n) is 8.99. The molecule has 4 rings (SSSR count). The van der Waals surface area contributed by atoms with Crippen LogP contribution in [-0.2, 0) is 16.1 Å². The first kappa shape index (κ1) is 27.4. The number of carbonyl (C=O) groups is 2. The predicted octanol–water partition coefficient (Wildman–Crippen LogP) is 6.42. The Morgan fingerprint density at radius 2 is 1.68 bits per heavy atom. The molecule has 0 spiro atoms. The number of aliphatic hydroxyl groups excluding tert-OH is 1. The van der Waals surface area contributed by atoms with Crippen LogP contribution in [0.3, 0.4) is 0 Å². The third-order valence-electron chi connectivity index (χ3n) is 6.04. The van der Waals surface area contributed by atoms with E-state index >= 15 is 0 Å². The van der Waals surface area contributed by atoms with Crippen LogP contribution in [0.25, 0.3) is 5.76 Å². The topological polar surface area (TPSA) is 85.3 Å². The highest BCUT2D eigenvalue weighted by atomic mass is 35.5. The van der Waals surface area contributed by atoms with E-state index in [2.05, 4.69) is 0 Å². The lowest BCUT2D eigenvalue weighted by molar-refractivity contribution is -0.140. The van der Waals surface area contributed by atoms with Crippen LogP contribution in [0.2, 0.25) is 10.0 Å². The number of nitrogens with zero attached hydrogens (tertiary/aromatic N) is 1. The molecule has 3 aromatic rings. The van der Waals surface area contributed by atoms with Crippen LogP contribution in [0.5, 0.6) is 17.2 Å². The highest BCUT2D eigenvalue weighted by Crippen LogP contribution is 2.44. The van der Waals surface area contributed by atoms with E-state index in [0.29, 0.717) is 17.1 Å². The molecule has 1 unspecified atom stereocenters. The molecular weight excluding hydrogens is 529 g/mol. The second-order valence-corrected chi connectivity index (χ2v) is 9.83. The first-order chi connectivity index (χ1) is 18.1. The van der Waals surface area contributed by atoms with Gasteiger partial charge in [-0.2, -0.15) is 0 Å². The van der Waals surface area contributed by atoms with Crippen molar-refractivity contribution in [3.8, 4) is 17.2 Å². The SMILES string of the molecule is COc1cccc(CN2C(=O)C(=O)/C(=C(/O)c3cc(Cl)cc(Cl)c3OC)C2c2cccc(OC(C)C)c2)c1. The fraction of sp³-hybridized carbons (Fsp3) is 0.241. The third-order valence-corrected chi connectivity index (χ3v) is 6.54. The van der Waals surface area contributed by atoms with Crippen LogP contribution in [0, 0.1) is 0 Å². The minimum absolute atomic E-state index is 0.0892. The molecule has 1 heterocycles. The van der Waals surface area contributed by atoms with Gasteiger partial charge in [-0.1, -0.05) is 47.5 Å². The first-order valence-electron chi connectivity index (χ1n) is 11.9. The maximum atomic E-state index is 13.5. The fourth-order valence-corrected chi connectivity index (χ4v) is 5.05. The maximum absolute atomic E-state index is 13.5. The highest BCUT2D eigenvalue weighted by Gasteiger charge is 2.46. The molecule has 0 bridgehead atoms. The van der Waals surface area contributed by atoms with E-state index in [-0.39, 0.29) is 39.6 Å². The van der Waals surface area contributed by atoms with Crippen LogP contribution in [0.15, 0.2) is 66.2 Å². The molecule has 1 N–H and O–H groups in total. The smallest absolute Gasteiger partial charge is 0.295 e. The number of methoxy groups -OCH3 is 2. The van der Waals surface area contributed by atoms with Crippen LogP contribution in [0.4, 0.5) is 0 Å². The summed E-state index contributed by atoms with van der Waals surface area (Å²) >= 11 is 12.5. The second kappa shape index (κ2) is 11.4. The summed E-state index contributed by atoms with van der Waals surface area (Å²) in [5.74, 6) is -0.749. The van der Waals surface area contributed by atoms with Gasteiger partial charge in [-0.3, -0.25) is 9.59 Å². The average molecular weight is 556 g/mol. The summed E-state index contributed by atoms with van der Waals surface area (Å²) in [5.41, 5.74) is 1.31. The Labute approximate surface area is 231 Å². The van der Waals surface area contributed by atoms with Crippen molar-refractivity contribution in [1.82, 2.24) is 4.90 Å². The van der Waals surface area contributed by atoms with E-state index in [1.807, 2.05) is 19.9 Å². The number of rotatable bonds is 8. The number of benzene rings is 3. The summed E-state index contributed by atoms with van der Waals surface area (Å²) in [6.45, 7) is 3.89. The van der Waals surface area contributed by atoms with Crippen molar-refractivity contribution >= 4 is 40.7 Å². The van der Waals surface area contributed by atoms with Crippen molar-refractivity contribution in [2.75, 3.05) is 14.2 Å². The normalized spacial score (nSPS) is 16.7. The van der Waals surface area contributed by atoms with E-state index in [4.69, 9.17) is 37.4 Å². The molecule has 3 aromatic carbocycles. The highest BCUT2D eigenvalue weighted by molar-refractivity contribution is 6.46. The van der Waals surface area contributed by atoms with Crippen LogP contribution in [-0.4, -0.2) is 42.0 Å². The van der Waals surface area contributed by atoms with E-state index in [1.165, 1.54) is 24.1 Å². The molecule has 0 aliphatic carbocycles. The van der Waals surface area contributed by atoms with Crippen LogP contribution in [0.1, 0.15) is 36.6 Å². The van der Waals surface area contributed by atoms with Gasteiger partial charge >= 0.3 is 0 Å². The quantitative estimate of drug-likeness (QED) is 0.196. The number of amides is 1. The fourth-order valence-electron chi connectivity index (χ4n) is 4.48. The van der Waals surface area contributed by atoms with Gasteiger partial charge in [0.05, 0.1) is 42.5 Å². The van der Waals surface area contributed by atoms with E-state index in [1.54, 1.807) is 49.6 Å². The number of aliphatic hydroxyl groups is 1. The lowest BCUT2D eigenvalue weighted by atomic mass is 9.94. The summed E-state index contributed by atoms with van der Waals surface area (Å²) in [4.78, 5) is 28.3. The molecule has 0 radical (unpaired) electrons. The van der Waals surface area contributed by atoms with Crippen molar-refractivity contribution in [1.29, 1.82) is 0 Å². The lowest BCUT2D eigenvalue weighted by Gasteiger charge is -2.26. The van der Waals surface area contributed by atoms with Gasteiger partial charge in [0.15, 0.2) is 0 Å². The minimum atomic E-state index is -0.931. The number of likely N-dealkylation sites (tertiary alicyclic amines) is 1. The number of ketones is 1. The molecule has 1 fully saturated rings. The van der Waals surface area contributed by atoms with Gasteiger partial charge < -0.3 is 24.2 Å². The molecule has 9 heteroatoms. The average Bonchev–Trinajstić information content (AvgIpc) is 3.12. The molecule has 38 heavy (non-hydrogen) atoms. The Kier molecular flexibility index (Phi) is 8.19. The van der Waals surface area contributed by atoms with Crippen molar-refractivity contribution in [2.45, 2.75) is 32.5 Å². The number of Topliss-reactive ketones (excluding diaryl/α,β-unsaturated/α-hetero) is 1. The molecule has 198 valence electrons. The Morgan fingerprint density at radius 3 is 2.37 bits per heavy atom. The molecular formula is C29H27Cl2NO6. The number of carbonyl (C=O) groups excluding carboxylic acids is 2.